The van der Waals surface area contributed by atoms with E-state index in [1.807, 2.05) is 18.9 Å². The topological polar surface area (TPSA) is 102 Å². The van der Waals surface area contributed by atoms with Gasteiger partial charge in [-0.2, -0.15) is 5.10 Å². The van der Waals surface area contributed by atoms with E-state index in [9.17, 15) is 8.78 Å². The number of halogens is 3. The maximum absolute atomic E-state index is 13.9. The highest BCUT2D eigenvalue weighted by atomic mass is 35.5. The molecule has 0 bridgehead atoms. The fourth-order valence-electron chi connectivity index (χ4n) is 3.37. The molecule has 2 aromatic heterocycles. The molecule has 4 N–H and O–H groups in total. The first-order valence-electron chi connectivity index (χ1n) is 10.8. The molecule has 0 aliphatic rings. The summed E-state index contributed by atoms with van der Waals surface area (Å²) in [6.07, 6.45) is 0. The van der Waals surface area contributed by atoms with Crippen LogP contribution in [-0.2, 0) is 0 Å². The Morgan fingerprint density at radius 1 is 1.14 bits per heavy atom. The number of nitrogens with zero attached hydrogens (tertiary/aromatic N) is 4. The predicted molar refractivity (Wildman–Crippen MR) is 136 cm³/mol. The number of hydrogen-bond donors (Lipinski definition) is 4. The van der Waals surface area contributed by atoms with Gasteiger partial charge in [0.25, 0.3) is 0 Å². The maximum Gasteiger partial charge on any atom is 0.186 e. The third-order valence-electron chi connectivity index (χ3n) is 5.25. The summed E-state index contributed by atoms with van der Waals surface area (Å²) in [6.45, 7) is 3.91. The molecular weight excluding hydrogens is 496 g/mol. The molecule has 4 aromatic rings. The molecule has 0 unspecified atom stereocenters. The Bertz CT molecular complexity index is 1340. The van der Waals surface area contributed by atoms with Crippen molar-refractivity contribution in [1.29, 1.82) is 0 Å². The molecule has 12 heteroatoms. The summed E-state index contributed by atoms with van der Waals surface area (Å²) in [4.78, 5) is 11.4. The van der Waals surface area contributed by atoms with E-state index in [4.69, 9.17) is 21.7 Å². The molecule has 2 aromatic carbocycles. The number of likely N-dealkylation sites (N-methyl/N-ethyl adjacent to an activating group) is 1. The van der Waals surface area contributed by atoms with Crippen molar-refractivity contribution in [3.05, 3.63) is 58.7 Å². The minimum absolute atomic E-state index is 0.0978. The van der Waals surface area contributed by atoms with Crippen LogP contribution < -0.4 is 10.0 Å². The number of aliphatic hydroxyl groups is 1. The van der Waals surface area contributed by atoms with Crippen LogP contribution in [0.25, 0.3) is 22.4 Å². The van der Waals surface area contributed by atoms with Crippen molar-refractivity contribution < 1.29 is 13.9 Å². The Labute approximate surface area is 210 Å². The van der Waals surface area contributed by atoms with Gasteiger partial charge in [-0.25, -0.2) is 18.7 Å². The number of aromatic amines is 1. The summed E-state index contributed by atoms with van der Waals surface area (Å²) in [6, 6.07) is 8.46. The quantitative estimate of drug-likeness (QED) is 0.223. The lowest BCUT2D eigenvalue weighted by Gasteiger charge is -2.16. The van der Waals surface area contributed by atoms with Gasteiger partial charge in [-0.15, -0.1) is 0 Å². The number of aliphatic hydroxyl groups excluding tert-OH is 1. The van der Waals surface area contributed by atoms with Crippen LogP contribution in [0.15, 0.2) is 41.3 Å². The third kappa shape index (κ3) is 5.99. The largest absolute Gasteiger partial charge is 0.395 e. The molecule has 0 atom stereocenters. The van der Waals surface area contributed by atoms with Gasteiger partial charge in [-0.1, -0.05) is 11.6 Å². The maximum atomic E-state index is 13.9. The fraction of sp³-hybridized carbons (Fsp3) is 0.261. The van der Waals surface area contributed by atoms with E-state index < -0.39 is 11.6 Å². The lowest BCUT2D eigenvalue weighted by atomic mass is 10.2. The monoisotopic (exact) mass is 519 g/mol. The van der Waals surface area contributed by atoms with Gasteiger partial charge in [0, 0.05) is 30.9 Å². The second kappa shape index (κ2) is 11.2. The van der Waals surface area contributed by atoms with Gasteiger partial charge in [-0.3, -0.25) is 5.10 Å². The molecule has 0 aliphatic carbocycles. The minimum Gasteiger partial charge on any atom is -0.395 e. The van der Waals surface area contributed by atoms with Gasteiger partial charge < -0.3 is 20.0 Å². The molecule has 0 spiro atoms. The standard InChI is InChI=1S/C23H24ClF2N7OS/c1-13-20-22(27-7-8-33(2)9-10-34)28-21(29-23(20)31-30-13)14-3-6-18(16(24)11-14)32-35-19-12-15(25)4-5-17(19)26/h3-6,11-12,32,34H,7-10H2,1-2H3,(H2,27,28,29,30,31). The average Bonchev–Trinajstić information content (AvgIpc) is 3.21. The van der Waals surface area contributed by atoms with Gasteiger partial charge in [0.1, 0.15) is 17.5 Å². The van der Waals surface area contributed by atoms with Crippen LogP contribution in [0.3, 0.4) is 0 Å². The first-order valence-corrected chi connectivity index (χ1v) is 12.0. The van der Waals surface area contributed by atoms with Crippen LogP contribution in [0.4, 0.5) is 20.3 Å². The summed E-state index contributed by atoms with van der Waals surface area (Å²) in [5.74, 6) is 0.0227. The second-order valence-electron chi connectivity index (χ2n) is 7.87. The summed E-state index contributed by atoms with van der Waals surface area (Å²) in [5.41, 5.74) is 2.57. The molecule has 0 saturated carbocycles. The average molecular weight is 520 g/mol. The third-order valence-corrected chi connectivity index (χ3v) is 6.42. The number of fused-ring (bicyclic) bond motifs is 1. The van der Waals surface area contributed by atoms with E-state index in [1.54, 1.807) is 18.2 Å². The van der Waals surface area contributed by atoms with Gasteiger partial charge >= 0.3 is 0 Å². The molecule has 184 valence electrons. The fourth-order valence-corrected chi connectivity index (χ4v) is 4.39. The predicted octanol–water partition coefficient (Wildman–Crippen LogP) is 4.72. The number of aromatic nitrogens is 4. The number of anilines is 2. The van der Waals surface area contributed by atoms with E-state index >= 15 is 0 Å². The van der Waals surface area contributed by atoms with Gasteiger partial charge in [0.05, 0.1) is 27.6 Å². The molecule has 35 heavy (non-hydrogen) atoms. The molecule has 2 heterocycles. The van der Waals surface area contributed by atoms with Crippen molar-refractivity contribution in [3.8, 4) is 11.4 Å². The highest BCUT2D eigenvalue weighted by Gasteiger charge is 2.15. The summed E-state index contributed by atoms with van der Waals surface area (Å²) >= 11 is 7.39. The zero-order valence-electron chi connectivity index (χ0n) is 19.1. The highest BCUT2D eigenvalue weighted by molar-refractivity contribution is 8.00. The Balaban J connectivity index is 1.55. The van der Waals surface area contributed by atoms with Crippen molar-refractivity contribution in [2.45, 2.75) is 11.8 Å². The van der Waals surface area contributed by atoms with E-state index in [0.29, 0.717) is 53.2 Å². The molecule has 0 fully saturated rings. The van der Waals surface area contributed by atoms with Crippen molar-refractivity contribution in [1.82, 2.24) is 25.1 Å². The van der Waals surface area contributed by atoms with Gasteiger partial charge in [0.2, 0.25) is 0 Å². The smallest absolute Gasteiger partial charge is 0.186 e. The van der Waals surface area contributed by atoms with Crippen LogP contribution in [-0.4, -0.2) is 63.5 Å². The van der Waals surface area contributed by atoms with Crippen LogP contribution in [0.1, 0.15) is 5.69 Å². The summed E-state index contributed by atoms with van der Waals surface area (Å²) in [7, 11) is 1.93. The lowest BCUT2D eigenvalue weighted by molar-refractivity contribution is 0.225. The Morgan fingerprint density at radius 3 is 2.74 bits per heavy atom. The molecule has 0 saturated heterocycles. The van der Waals surface area contributed by atoms with Crippen molar-refractivity contribution >= 4 is 46.1 Å². The minimum atomic E-state index is -0.532. The SMILES string of the molecule is Cc1[nH]nc2nc(-c3ccc(NSc4cc(F)ccc4F)c(Cl)c3)nc(NCCN(C)CCO)c12. The van der Waals surface area contributed by atoms with E-state index in [0.717, 1.165) is 41.2 Å². The Kier molecular flexibility index (Phi) is 8.01. The Hall–Kier alpha value is -2.99. The molecule has 4 rings (SSSR count). The molecule has 0 amide bonds. The van der Waals surface area contributed by atoms with E-state index in [-0.39, 0.29) is 11.5 Å². The van der Waals surface area contributed by atoms with Crippen LogP contribution >= 0.6 is 23.5 Å². The number of hydrogen-bond acceptors (Lipinski definition) is 8. The number of nitrogens with one attached hydrogen (secondary N) is 3. The number of rotatable bonds is 10. The van der Waals surface area contributed by atoms with E-state index in [1.165, 1.54) is 0 Å². The first-order chi connectivity index (χ1) is 16.9. The van der Waals surface area contributed by atoms with Crippen molar-refractivity contribution in [2.24, 2.45) is 0 Å². The lowest BCUT2D eigenvalue weighted by Crippen LogP contribution is -2.28. The van der Waals surface area contributed by atoms with Gasteiger partial charge in [-0.05, 0) is 62.3 Å². The second-order valence-corrected chi connectivity index (χ2v) is 9.13. The van der Waals surface area contributed by atoms with Crippen molar-refractivity contribution in [3.63, 3.8) is 0 Å². The molecule has 0 radical (unpaired) electrons. The summed E-state index contributed by atoms with van der Waals surface area (Å²) < 4.78 is 30.3. The number of aryl methyl sites for hydroxylation is 1. The molecule has 0 aliphatic heterocycles. The number of benzene rings is 2. The normalized spacial score (nSPS) is 11.4. The van der Waals surface area contributed by atoms with Gasteiger partial charge in [0.15, 0.2) is 11.5 Å². The van der Waals surface area contributed by atoms with Crippen LogP contribution in [0.2, 0.25) is 5.02 Å². The van der Waals surface area contributed by atoms with Crippen LogP contribution in [0, 0.1) is 18.6 Å². The van der Waals surface area contributed by atoms with Crippen molar-refractivity contribution in [2.75, 3.05) is 43.3 Å². The molecule has 8 nitrogen and oxygen atoms in total. The summed E-state index contributed by atoms with van der Waals surface area (Å²) in [5, 5.41) is 20.8. The Morgan fingerprint density at radius 2 is 1.97 bits per heavy atom. The first kappa shape index (κ1) is 25.1. The van der Waals surface area contributed by atoms with E-state index in [2.05, 4.69) is 25.2 Å². The number of H-pyrrole nitrogens is 1. The zero-order chi connectivity index (χ0) is 24.9. The van der Waals surface area contributed by atoms with Crippen LogP contribution in [0.5, 0.6) is 0 Å². The zero-order valence-corrected chi connectivity index (χ0v) is 20.6. The molecular formula is C23H24ClF2N7OS. The highest BCUT2D eigenvalue weighted by Crippen LogP contribution is 2.33.